The minimum atomic E-state index is -6.04. The van der Waals surface area contributed by atoms with E-state index >= 15 is 0 Å². The van der Waals surface area contributed by atoms with Crippen molar-refractivity contribution in [3.8, 4) is 17.2 Å². The molecule has 258 valence electrons. The first-order valence-electron chi connectivity index (χ1n) is 14.9. The summed E-state index contributed by atoms with van der Waals surface area (Å²) in [5, 5.41) is 12.5. The number of urea groups is 1. The van der Waals surface area contributed by atoms with E-state index in [1.165, 1.54) is 25.1 Å². The number of ketones is 1. The van der Waals surface area contributed by atoms with Gasteiger partial charge in [0.05, 0.1) is 12.6 Å². The molecule has 0 aromatic heterocycles. The largest absolute Gasteiger partial charge is 0.491 e. The maximum absolute atomic E-state index is 13.5. The third kappa shape index (κ3) is 6.84. The summed E-state index contributed by atoms with van der Waals surface area (Å²) >= 11 is 0. The van der Waals surface area contributed by atoms with Gasteiger partial charge in [-0.25, -0.2) is 4.79 Å². The lowest BCUT2D eigenvalue weighted by Crippen LogP contribution is -2.53. The van der Waals surface area contributed by atoms with Gasteiger partial charge in [-0.05, 0) is 93.3 Å². The molecule has 0 bridgehead atoms. The summed E-state index contributed by atoms with van der Waals surface area (Å²) in [4.78, 5) is 40.3. The topological polar surface area (TPSA) is 105 Å². The van der Waals surface area contributed by atoms with Crippen molar-refractivity contribution in [1.82, 2.24) is 10.2 Å². The first-order chi connectivity index (χ1) is 22.2. The molecule has 1 aliphatic rings. The number of carbonyl (C=O) groups is 3. The van der Waals surface area contributed by atoms with Gasteiger partial charge >= 0.3 is 18.4 Å². The zero-order chi connectivity index (χ0) is 35.8. The van der Waals surface area contributed by atoms with E-state index in [0.717, 1.165) is 11.0 Å². The first kappa shape index (κ1) is 36.2. The zero-order valence-corrected chi connectivity index (χ0v) is 26.7. The minimum Gasteiger partial charge on any atom is -0.491 e. The quantitative estimate of drug-likeness (QED) is 0.124. The Bertz CT molecular complexity index is 1690. The summed E-state index contributed by atoms with van der Waals surface area (Å²) in [6, 6.07) is 12.1. The highest BCUT2D eigenvalue weighted by Crippen LogP contribution is 2.50. The average molecular weight is 681 g/mol. The number of hydrogen-bond donors (Lipinski definition) is 2. The van der Waals surface area contributed by atoms with E-state index in [1.54, 1.807) is 38.1 Å². The van der Waals surface area contributed by atoms with Crippen LogP contribution in [0.3, 0.4) is 0 Å². The van der Waals surface area contributed by atoms with E-state index in [4.69, 9.17) is 9.47 Å². The standard InChI is InChI=1S/C34H34F6N2O6/c1-6-7-21-17-23(32(46,33(35,36)37)34(38,39)40)10-15-28(21)48-25-13-14-26(20(4)16-25)27(43)18-42-29(44)31(5,41-30(42)45)22-8-11-24(12-9-22)47-19(2)3/h8-17,19,46H,6-7,18H2,1-5H3,(H,41,45). The van der Waals surface area contributed by atoms with Crippen LogP contribution in [0.15, 0.2) is 60.7 Å². The average Bonchev–Trinajstić information content (AvgIpc) is 3.20. The molecule has 48 heavy (non-hydrogen) atoms. The molecule has 3 amide bonds. The molecule has 1 saturated heterocycles. The number of alkyl halides is 6. The van der Waals surface area contributed by atoms with Crippen LogP contribution in [0.25, 0.3) is 0 Å². The molecule has 3 aromatic rings. The van der Waals surface area contributed by atoms with Crippen LogP contribution in [-0.2, 0) is 22.4 Å². The smallest absolute Gasteiger partial charge is 0.430 e. The van der Waals surface area contributed by atoms with Crippen LogP contribution >= 0.6 is 0 Å². The number of aliphatic hydroxyl groups is 1. The van der Waals surface area contributed by atoms with Gasteiger partial charge in [-0.15, -0.1) is 0 Å². The van der Waals surface area contributed by atoms with Crippen LogP contribution in [0.5, 0.6) is 17.2 Å². The van der Waals surface area contributed by atoms with E-state index in [-0.39, 0.29) is 35.2 Å². The predicted octanol–water partition coefficient (Wildman–Crippen LogP) is 7.49. The Hall–Kier alpha value is -4.59. The summed E-state index contributed by atoms with van der Waals surface area (Å²) in [5.41, 5.74) is -6.92. The number of nitrogens with zero attached hydrogens (tertiary/aromatic N) is 1. The number of halogens is 6. The lowest BCUT2D eigenvalue weighted by atomic mass is 9.90. The molecule has 0 spiro atoms. The van der Waals surface area contributed by atoms with Crippen molar-refractivity contribution >= 4 is 17.7 Å². The minimum absolute atomic E-state index is 0.0107. The number of Topliss-reactive ketones (excluding diaryl/α,β-unsaturated/α-hetero) is 1. The number of carbonyl (C=O) groups excluding carboxylic acids is 3. The Labute approximate surface area is 272 Å². The Morgan fingerprint density at radius 2 is 1.54 bits per heavy atom. The molecule has 3 aromatic carbocycles. The molecule has 1 atom stereocenters. The number of nitrogens with one attached hydrogen (secondary N) is 1. The van der Waals surface area contributed by atoms with Gasteiger partial charge in [0.1, 0.15) is 22.8 Å². The molecule has 0 radical (unpaired) electrons. The fourth-order valence-electron chi connectivity index (χ4n) is 5.40. The van der Waals surface area contributed by atoms with Crippen molar-refractivity contribution in [2.24, 2.45) is 0 Å². The lowest BCUT2D eigenvalue weighted by Gasteiger charge is -2.33. The van der Waals surface area contributed by atoms with Crippen LogP contribution in [0.4, 0.5) is 31.1 Å². The molecular formula is C34H34F6N2O6. The predicted molar refractivity (Wildman–Crippen MR) is 162 cm³/mol. The van der Waals surface area contributed by atoms with Crippen molar-refractivity contribution in [2.45, 2.75) is 77.1 Å². The number of hydrogen-bond acceptors (Lipinski definition) is 6. The summed E-state index contributed by atoms with van der Waals surface area (Å²) in [6.07, 6.45) is -11.8. The third-order valence-electron chi connectivity index (χ3n) is 7.92. The number of rotatable bonds is 11. The molecule has 4 rings (SSSR count). The van der Waals surface area contributed by atoms with Gasteiger partial charge in [-0.1, -0.05) is 31.5 Å². The van der Waals surface area contributed by atoms with E-state index in [1.807, 2.05) is 13.8 Å². The van der Waals surface area contributed by atoms with E-state index in [2.05, 4.69) is 5.32 Å². The molecule has 1 aliphatic heterocycles. The fourth-order valence-corrected chi connectivity index (χ4v) is 5.40. The number of benzene rings is 3. The van der Waals surface area contributed by atoms with Crippen LogP contribution in [0.1, 0.15) is 66.7 Å². The molecule has 2 N–H and O–H groups in total. The highest BCUT2D eigenvalue weighted by molar-refractivity contribution is 6.11. The Morgan fingerprint density at radius 1 is 0.938 bits per heavy atom. The van der Waals surface area contributed by atoms with Crippen LogP contribution in [0, 0.1) is 6.92 Å². The molecule has 1 unspecified atom stereocenters. The van der Waals surface area contributed by atoms with Crippen molar-refractivity contribution in [1.29, 1.82) is 0 Å². The van der Waals surface area contributed by atoms with Crippen molar-refractivity contribution in [3.05, 3.63) is 88.5 Å². The van der Waals surface area contributed by atoms with Gasteiger partial charge in [0.15, 0.2) is 5.78 Å². The van der Waals surface area contributed by atoms with Crippen LogP contribution in [0.2, 0.25) is 0 Å². The molecular weight excluding hydrogens is 646 g/mol. The Balaban J connectivity index is 1.53. The van der Waals surface area contributed by atoms with Gasteiger partial charge < -0.3 is 19.9 Å². The van der Waals surface area contributed by atoms with Gasteiger partial charge in [0.2, 0.25) is 0 Å². The number of amides is 3. The van der Waals surface area contributed by atoms with Gasteiger partial charge in [-0.3, -0.25) is 14.5 Å². The van der Waals surface area contributed by atoms with E-state index in [0.29, 0.717) is 35.4 Å². The fraction of sp³-hybridized carbons (Fsp3) is 0.382. The van der Waals surface area contributed by atoms with Crippen molar-refractivity contribution < 1.29 is 55.3 Å². The monoisotopic (exact) mass is 680 g/mol. The zero-order valence-electron chi connectivity index (χ0n) is 26.7. The normalized spacial score (nSPS) is 17.1. The number of aryl methyl sites for hydroxylation is 2. The van der Waals surface area contributed by atoms with E-state index in [9.17, 15) is 45.8 Å². The Morgan fingerprint density at radius 3 is 2.08 bits per heavy atom. The summed E-state index contributed by atoms with van der Waals surface area (Å²) in [6.45, 7) is 7.90. The maximum Gasteiger partial charge on any atom is 0.430 e. The maximum atomic E-state index is 13.5. The molecule has 0 aliphatic carbocycles. The lowest BCUT2D eigenvalue weighted by molar-refractivity contribution is -0.376. The van der Waals surface area contributed by atoms with Gasteiger partial charge in [0.25, 0.3) is 11.5 Å². The molecule has 1 fully saturated rings. The van der Waals surface area contributed by atoms with Gasteiger partial charge in [-0.2, -0.15) is 26.3 Å². The van der Waals surface area contributed by atoms with Crippen LogP contribution in [-0.4, -0.2) is 52.7 Å². The Kier molecular flexibility index (Phi) is 9.92. The first-order valence-corrected chi connectivity index (χ1v) is 14.9. The SMILES string of the molecule is CCCc1cc(C(O)(C(F)(F)F)C(F)(F)F)ccc1Oc1ccc(C(=O)CN2C(=O)NC(C)(c3ccc(OC(C)C)cc3)C2=O)c(C)c1. The number of ether oxygens (including phenoxy) is 2. The number of imide groups is 1. The highest BCUT2D eigenvalue weighted by Gasteiger charge is 2.71. The molecule has 14 heteroatoms. The van der Waals surface area contributed by atoms with Gasteiger partial charge in [0, 0.05) is 11.1 Å². The molecule has 0 saturated carbocycles. The third-order valence-corrected chi connectivity index (χ3v) is 7.92. The molecule has 8 nitrogen and oxygen atoms in total. The highest BCUT2D eigenvalue weighted by atomic mass is 19.4. The van der Waals surface area contributed by atoms with Crippen LogP contribution < -0.4 is 14.8 Å². The van der Waals surface area contributed by atoms with Crippen molar-refractivity contribution in [3.63, 3.8) is 0 Å². The second-order valence-electron chi connectivity index (χ2n) is 11.9. The summed E-state index contributed by atoms with van der Waals surface area (Å²) in [7, 11) is 0. The second kappa shape index (κ2) is 13.1. The molecule has 1 heterocycles. The second-order valence-corrected chi connectivity index (χ2v) is 11.9. The van der Waals surface area contributed by atoms with E-state index < -0.39 is 53.3 Å². The van der Waals surface area contributed by atoms with Crippen molar-refractivity contribution in [2.75, 3.05) is 6.54 Å². The summed E-state index contributed by atoms with van der Waals surface area (Å²) in [5.74, 6) is -0.553. The summed E-state index contributed by atoms with van der Waals surface area (Å²) < 4.78 is 92.2.